The van der Waals surface area contributed by atoms with E-state index in [0.717, 1.165) is 12.8 Å². The maximum absolute atomic E-state index is 2.35. The Bertz CT molecular complexity index is 787. The molecule has 2 bridgehead atoms. The molecule has 3 aromatic carbocycles. The van der Waals surface area contributed by atoms with Gasteiger partial charge in [0.1, 0.15) is 0 Å². The summed E-state index contributed by atoms with van der Waals surface area (Å²) in [6.45, 7) is 0. The molecule has 2 unspecified atom stereocenters. The molecule has 0 nitrogen and oxygen atoms in total. The van der Waals surface area contributed by atoms with Gasteiger partial charge in [-0.2, -0.15) is 0 Å². The molecule has 2 aliphatic rings. The van der Waals surface area contributed by atoms with Crippen molar-refractivity contribution in [3.63, 3.8) is 0 Å². The smallest absolute Gasteiger partial charge is 0.0135 e. The largest absolute Gasteiger partial charge is 0.0620 e. The highest BCUT2D eigenvalue weighted by Crippen LogP contribution is 2.47. The maximum Gasteiger partial charge on any atom is 0.0135 e. The first-order valence-corrected chi connectivity index (χ1v) is 8.16. The predicted molar refractivity (Wildman–Crippen MR) is 90.4 cm³/mol. The minimum Gasteiger partial charge on any atom is -0.0620 e. The Kier molecular flexibility index (Phi) is 2.54. The summed E-state index contributed by atoms with van der Waals surface area (Å²) < 4.78 is 0. The fraction of sp³-hybridized carbons (Fsp3) is 0.182. The van der Waals surface area contributed by atoms with E-state index in [1.54, 1.807) is 0 Å². The van der Waals surface area contributed by atoms with E-state index in [1.165, 1.54) is 33.4 Å². The molecule has 0 aromatic heterocycles. The minimum absolute atomic E-state index is 0.501. The van der Waals surface area contributed by atoms with Gasteiger partial charge in [0.05, 0.1) is 0 Å². The van der Waals surface area contributed by atoms with Crippen molar-refractivity contribution in [3.8, 4) is 0 Å². The van der Waals surface area contributed by atoms with E-state index in [0.29, 0.717) is 11.8 Å². The van der Waals surface area contributed by atoms with Gasteiger partial charge in [0.2, 0.25) is 0 Å². The highest BCUT2D eigenvalue weighted by Gasteiger charge is 2.33. The number of hydrogen-bond acceptors (Lipinski definition) is 0. The van der Waals surface area contributed by atoms with Crippen LogP contribution in [0.2, 0.25) is 0 Å². The molecule has 0 aliphatic heterocycles. The third kappa shape index (κ3) is 1.64. The molecule has 0 saturated carbocycles. The number of rotatable bonds is 0. The van der Waals surface area contributed by atoms with Crippen molar-refractivity contribution in [1.82, 2.24) is 0 Å². The lowest BCUT2D eigenvalue weighted by Gasteiger charge is -2.23. The van der Waals surface area contributed by atoms with Crippen LogP contribution in [-0.4, -0.2) is 0 Å². The summed E-state index contributed by atoms with van der Waals surface area (Å²) in [5.41, 5.74) is 9.20. The highest BCUT2D eigenvalue weighted by atomic mass is 14.4. The van der Waals surface area contributed by atoms with E-state index in [-0.39, 0.29) is 0 Å². The van der Waals surface area contributed by atoms with Gasteiger partial charge in [0, 0.05) is 11.8 Å². The molecule has 5 rings (SSSR count). The van der Waals surface area contributed by atoms with Crippen molar-refractivity contribution in [2.75, 3.05) is 0 Å². The van der Waals surface area contributed by atoms with E-state index in [9.17, 15) is 0 Å². The Labute approximate surface area is 131 Å². The highest BCUT2D eigenvalue weighted by molar-refractivity contribution is 5.55. The monoisotopic (exact) mass is 282 g/mol. The van der Waals surface area contributed by atoms with E-state index in [1.807, 2.05) is 0 Å². The van der Waals surface area contributed by atoms with Crippen LogP contribution in [0.1, 0.15) is 45.2 Å². The number of hydrogen-bond donors (Lipinski definition) is 0. The molecule has 0 heterocycles. The average molecular weight is 282 g/mol. The van der Waals surface area contributed by atoms with Crippen molar-refractivity contribution in [1.29, 1.82) is 0 Å². The van der Waals surface area contributed by atoms with E-state index >= 15 is 0 Å². The number of benzene rings is 3. The Balaban J connectivity index is 1.86. The van der Waals surface area contributed by atoms with E-state index in [2.05, 4.69) is 72.8 Å². The summed E-state index contributed by atoms with van der Waals surface area (Å²) in [6, 6.07) is 27.2. The second-order valence-electron chi connectivity index (χ2n) is 6.54. The Hall–Kier alpha value is -2.34. The number of fused-ring (bicyclic) bond motifs is 4. The van der Waals surface area contributed by atoms with Crippen LogP contribution in [0.4, 0.5) is 0 Å². The SMILES string of the molecule is c1ccc2c(c1)CC1c3ccccc3CC2c2ccccc21. The molecule has 3 aromatic rings. The molecule has 0 amide bonds. The fourth-order valence-electron chi connectivity index (χ4n) is 4.48. The van der Waals surface area contributed by atoms with Crippen molar-refractivity contribution in [2.24, 2.45) is 0 Å². The molecule has 22 heavy (non-hydrogen) atoms. The van der Waals surface area contributed by atoms with Crippen LogP contribution in [0, 0.1) is 0 Å². The summed E-state index contributed by atoms with van der Waals surface area (Å²) in [7, 11) is 0. The third-order valence-corrected chi connectivity index (χ3v) is 5.46. The van der Waals surface area contributed by atoms with Gasteiger partial charge in [0.15, 0.2) is 0 Å². The quantitative estimate of drug-likeness (QED) is 0.540. The molecule has 0 saturated heterocycles. The molecule has 0 N–H and O–H groups in total. The van der Waals surface area contributed by atoms with Gasteiger partial charge >= 0.3 is 0 Å². The van der Waals surface area contributed by atoms with Gasteiger partial charge in [-0.1, -0.05) is 72.8 Å². The normalized spacial score (nSPS) is 21.3. The summed E-state index contributed by atoms with van der Waals surface area (Å²) in [4.78, 5) is 0. The predicted octanol–water partition coefficient (Wildman–Crippen LogP) is 5.06. The average Bonchev–Trinajstić information content (AvgIpc) is 2.79. The lowest BCUT2D eigenvalue weighted by molar-refractivity contribution is 0.765. The lowest BCUT2D eigenvalue weighted by atomic mass is 9.81. The van der Waals surface area contributed by atoms with Gasteiger partial charge < -0.3 is 0 Å². The zero-order chi connectivity index (χ0) is 14.5. The summed E-state index contributed by atoms with van der Waals surface area (Å²) in [5, 5.41) is 0. The van der Waals surface area contributed by atoms with E-state index < -0.39 is 0 Å². The maximum atomic E-state index is 2.35. The summed E-state index contributed by atoms with van der Waals surface area (Å²) >= 11 is 0. The summed E-state index contributed by atoms with van der Waals surface area (Å²) in [6.07, 6.45) is 2.25. The van der Waals surface area contributed by atoms with Gasteiger partial charge in [-0.05, 0) is 46.2 Å². The molecular formula is C22H18. The van der Waals surface area contributed by atoms with Gasteiger partial charge in [0.25, 0.3) is 0 Å². The van der Waals surface area contributed by atoms with Crippen LogP contribution in [-0.2, 0) is 12.8 Å². The molecule has 0 heteroatoms. The minimum atomic E-state index is 0.501. The molecule has 106 valence electrons. The van der Waals surface area contributed by atoms with Crippen molar-refractivity contribution < 1.29 is 0 Å². The third-order valence-electron chi connectivity index (χ3n) is 5.46. The van der Waals surface area contributed by atoms with Crippen LogP contribution in [0.5, 0.6) is 0 Å². The molecule has 2 aliphatic carbocycles. The second kappa shape index (κ2) is 4.58. The van der Waals surface area contributed by atoms with Crippen LogP contribution in [0.15, 0.2) is 72.8 Å². The van der Waals surface area contributed by atoms with E-state index in [4.69, 9.17) is 0 Å². The first kappa shape index (κ1) is 12.2. The standard InChI is InChI=1S/C22H18/c1-3-9-17-15(7-1)13-21-18-10-4-2-8-16(18)14-22(17)20-12-6-5-11-19(20)21/h1-12,21-22H,13-14H2. The second-order valence-corrected chi connectivity index (χ2v) is 6.54. The molecule has 2 atom stereocenters. The van der Waals surface area contributed by atoms with Gasteiger partial charge in [-0.15, -0.1) is 0 Å². The first-order chi connectivity index (χ1) is 10.9. The van der Waals surface area contributed by atoms with Crippen LogP contribution in [0.25, 0.3) is 0 Å². The molecule has 0 radical (unpaired) electrons. The Morgan fingerprint density at radius 2 is 0.818 bits per heavy atom. The Morgan fingerprint density at radius 1 is 0.455 bits per heavy atom. The molecule has 0 fully saturated rings. The molecular weight excluding hydrogens is 264 g/mol. The van der Waals surface area contributed by atoms with Gasteiger partial charge in [-0.25, -0.2) is 0 Å². The zero-order valence-electron chi connectivity index (χ0n) is 12.5. The van der Waals surface area contributed by atoms with Crippen LogP contribution < -0.4 is 0 Å². The Morgan fingerprint density at radius 3 is 1.27 bits per heavy atom. The summed E-state index contributed by atoms with van der Waals surface area (Å²) in [5.74, 6) is 1.00. The first-order valence-electron chi connectivity index (χ1n) is 8.16. The van der Waals surface area contributed by atoms with Crippen molar-refractivity contribution in [3.05, 3.63) is 106 Å². The van der Waals surface area contributed by atoms with Crippen LogP contribution in [0.3, 0.4) is 0 Å². The zero-order valence-corrected chi connectivity index (χ0v) is 12.5. The molecule has 0 spiro atoms. The fourth-order valence-corrected chi connectivity index (χ4v) is 4.48. The van der Waals surface area contributed by atoms with Crippen molar-refractivity contribution >= 4 is 0 Å². The lowest BCUT2D eigenvalue weighted by Crippen LogP contribution is -2.10. The van der Waals surface area contributed by atoms with Gasteiger partial charge in [-0.3, -0.25) is 0 Å². The van der Waals surface area contributed by atoms with Crippen LogP contribution >= 0.6 is 0 Å². The van der Waals surface area contributed by atoms with Crippen molar-refractivity contribution in [2.45, 2.75) is 24.7 Å². The topological polar surface area (TPSA) is 0 Å².